The van der Waals surface area contributed by atoms with Crippen LogP contribution in [0.2, 0.25) is 0 Å². The summed E-state index contributed by atoms with van der Waals surface area (Å²) in [5.74, 6) is 0.454. The maximum Gasteiger partial charge on any atom is 0.0723 e. The van der Waals surface area contributed by atoms with Gasteiger partial charge in [0.25, 0.3) is 0 Å². The molecule has 0 aliphatic carbocycles. The Morgan fingerprint density at radius 3 is 2.76 bits per heavy atom. The lowest BCUT2D eigenvalue weighted by Gasteiger charge is -2.07. The Morgan fingerprint density at radius 2 is 2.00 bits per heavy atom. The topological polar surface area (TPSA) is 37.3 Å². The highest BCUT2D eigenvalue weighted by atomic mass is 15.3. The van der Waals surface area contributed by atoms with Crippen molar-refractivity contribution < 1.29 is 0 Å². The Balaban J connectivity index is 2.33. The van der Waals surface area contributed by atoms with Gasteiger partial charge >= 0.3 is 0 Å². The van der Waals surface area contributed by atoms with E-state index >= 15 is 0 Å². The summed E-state index contributed by atoms with van der Waals surface area (Å²) in [7, 11) is 0. The van der Waals surface area contributed by atoms with Crippen LogP contribution < -0.4 is 5.43 Å². The summed E-state index contributed by atoms with van der Waals surface area (Å²) in [6.45, 7) is 6.29. The normalized spacial score (nSPS) is 12.1. The molecule has 0 fully saturated rings. The molecule has 88 valence electrons. The van der Waals surface area contributed by atoms with Crippen molar-refractivity contribution in [3.05, 3.63) is 36.5 Å². The van der Waals surface area contributed by atoms with Crippen LogP contribution in [-0.2, 0) is 0 Å². The molecular weight excluding hydrogens is 210 g/mol. The second kappa shape index (κ2) is 4.95. The van der Waals surface area contributed by atoms with E-state index in [1.54, 1.807) is 6.20 Å². The number of para-hydroxylation sites is 1. The third-order valence-corrected chi connectivity index (χ3v) is 2.84. The Labute approximate surface area is 102 Å². The molecule has 0 aliphatic heterocycles. The average molecular weight is 227 g/mol. The first-order valence-electron chi connectivity index (χ1n) is 5.82. The lowest BCUT2D eigenvalue weighted by molar-refractivity contribution is 0.874. The molecule has 0 aliphatic rings. The number of rotatable bonds is 3. The van der Waals surface area contributed by atoms with Gasteiger partial charge in [-0.1, -0.05) is 32.0 Å². The summed E-state index contributed by atoms with van der Waals surface area (Å²) in [6.07, 6.45) is 1.80. The number of hydrazone groups is 1. The molecule has 1 aromatic carbocycles. The molecular formula is C14H17N3. The molecule has 0 radical (unpaired) electrons. The molecule has 2 rings (SSSR count). The minimum Gasteiger partial charge on any atom is -0.278 e. The van der Waals surface area contributed by atoms with Crippen LogP contribution in [0.3, 0.4) is 0 Å². The van der Waals surface area contributed by atoms with Crippen molar-refractivity contribution in [1.82, 2.24) is 4.98 Å². The van der Waals surface area contributed by atoms with Crippen LogP contribution in [0, 0.1) is 5.92 Å². The van der Waals surface area contributed by atoms with E-state index in [0.29, 0.717) is 5.92 Å². The van der Waals surface area contributed by atoms with Gasteiger partial charge in [-0.25, -0.2) is 0 Å². The van der Waals surface area contributed by atoms with Crippen LogP contribution in [0.4, 0.5) is 5.69 Å². The fourth-order valence-corrected chi connectivity index (χ4v) is 1.47. The molecule has 1 aromatic heterocycles. The summed E-state index contributed by atoms with van der Waals surface area (Å²) in [5.41, 5.74) is 6.18. The van der Waals surface area contributed by atoms with Gasteiger partial charge in [0.15, 0.2) is 0 Å². The molecule has 0 unspecified atom stereocenters. The van der Waals surface area contributed by atoms with Crippen LogP contribution in [0.25, 0.3) is 10.9 Å². The molecule has 3 heteroatoms. The smallest absolute Gasteiger partial charge is 0.0723 e. The third kappa shape index (κ3) is 2.61. The standard InChI is InChI=1S/C14H17N3/c1-10(2)11(3)16-17-14-8-9-15-13-7-5-4-6-12(13)14/h4-10H,1-3H3,(H,15,17). The zero-order valence-electron chi connectivity index (χ0n) is 10.4. The van der Waals surface area contributed by atoms with E-state index in [4.69, 9.17) is 0 Å². The number of anilines is 1. The van der Waals surface area contributed by atoms with Gasteiger partial charge in [-0.3, -0.25) is 10.4 Å². The molecule has 2 aromatic rings. The number of nitrogens with zero attached hydrogens (tertiary/aromatic N) is 2. The van der Waals surface area contributed by atoms with Gasteiger partial charge in [-0.2, -0.15) is 5.10 Å². The van der Waals surface area contributed by atoms with Crippen molar-refractivity contribution >= 4 is 22.3 Å². The lowest BCUT2D eigenvalue weighted by atomic mass is 10.1. The van der Waals surface area contributed by atoms with Gasteiger partial charge in [-0.05, 0) is 25.0 Å². The number of fused-ring (bicyclic) bond motifs is 1. The first-order valence-corrected chi connectivity index (χ1v) is 5.82. The highest BCUT2D eigenvalue weighted by molar-refractivity contribution is 5.92. The Bertz CT molecular complexity index is 539. The molecule has 0 saturated carbocycles. The average Bonchev–Trinajstić information content (AvgIpc) is 2.35. The van der Waals surface area contributed by atoms with Gasteiger partial charge in [0.2, 0.25) is 0 Å². The summed E-state index contributed by atoms with van der Waals surface area (Å²) in [4.78, 5) is 4.32. The summed E-state index contributed by atoms with van der Waals surface area (Å²) < 4.78 is 0. The molecule has 17 heavy (non-hydrogen) atoms. The molecule has 0 amide bonds. The predicted octanol–water partition coefficient (Wildman–Crippen LogP) is 3.68. The number of aromatic nitrogens is 1. The lowest BCUT2D eigenvalue weighted by Crippen LogP contribution is -2.05. The van der Waals surface area contributed by atoms with Crippen LogP contribution in [0.15, 0.2) is 41.6 Å². The fraction of sp³-hybridized carbons (Fsp3) is 0.286. The number of nitrogens with one attached hydrogen (secondary N) is 1. The Morgan fingerprint density at radius 1 is 1.24 bits per heavy atom. The van der Waals surface area contributed by atoms with Crippen molar-refractivity contribution in [3.8, 4) is 0 Å². The van der Waals surface area contributed by atoms with Crippen LogP contribution in [0.1, 0.15) is 20.8 Å². The maximum absolute atomic E-state index is 4.38. The van der Waals surface area contributed by atoms with Gasteiger partial charge in [0.05, 0.1) is 11.2 Å². The highest BCUT2D eigenvalue weighted by Crippen LogP contribution is 2.20. The van der Waals surface area contributed by atoms with E-state index in [1.165, 1.54) is 0 Å². The van der Waals surface area contributed by atoms with Gasteiger partial charge in [-0.15, -0.1) is 0 Å². The number of benzene rings is 1. The summed E-state index contributed by atoms with van der Waals surface area (Å²) in [6, 6.07) is 9.99. The third-order valence-electron chi connectivity index (χ3n) is 2.84. The minimum absolute atomic E-state index is 0.454. The van der Waals surface area contributed by atoms with Crippen molar-refractivity contribution in [2.24, 2.45) is 11.0 Å². The fourth-order valence-electron chi connectivity index (χ4n) is 1.47. The number of hydrogen-bond acceptors (Lipinski definition) is 3. The van der Waals surface area contributed by atoms with E-state index in [-0.39, 0.29) is 0 Å². The highest BCUT2D eigenvalue weighted by Gasteiger charge is 2.01. The number of hydrogen-bond donors (Lipinski definition) is 1. The van der Waals surface area contributed by atoms with Crippen molar-refractivity contribution in [2.45, 2.75) is 20.8 Å². The molecule has 0 spiro atoms. The van der Waals surface area contributed by atoms with E-state index < -0.39 is 0 Å². The monoisotopic (exact) mass is 227 g/mol. The SMILES string of the molecule is CC(=NNc1ccnc2ccccc12)C(C)C. The molecule has 3 nitrogen and oxygen atoms in total. The minimum atomic E-state index is 0.454. The van der Waals surface area contributed by atoms with Crippen LogP contribution in [0.5, 0.6) is 0 Å². The predicted molar refractivity (Wildman–Crippen MR) is 73.3 cm³/mol. The second-order valence-electron chi connectivity index (χ2n) is 4.40. The second-order valence-corrected chi connectivity index (χ2v) is 4.40. The van der Waals surface area contributed by atoms with E-state index in [9.17, 15) is 0 Å². The molecule has 1 heterocycles. The van der Waals surface area contributed by atoms with E-state index in [0.717, 1.165) is 22.3 Å². The molecule has 0 bridgehead atoms. The van der Waals surface area contributed by atoms with Gasteiger partial charge < -0.3 is 0 Å². The molecule has 0 atom stereocenters. The number of pyridine rings is 1. The van der Waals surface area contributed by atoms with Crippen molar-refractivity contribution in [2.75, 3.05) is 5.43 Å². The largest absolute Gasteiger partial charge is 0.278 e. The zero-order chi connectivity index (χ0) is 12.3. The van der Waals surface area contributed by atoms with Gasteiger partial charge in [0, 0.05) is 17.3 Å². The van der Waals surface area contributed by atoms with Crippen LogP contribution >= 0.6 is 0 Å². The molecule has 1 N–H and O–H groups in total. The van der Waals surface area contributed by atoms with E-state index in [2.05, 4.69) is 29.4 Å². The molecule has 0 saturated heterocycles. The Kier molecular flexibility index (Phi) is 3.38. The Hall–Kier alpha value is -1.90. The summed E-state index contributed by atoms with van der Waals surface area (Å²) >= 11 is 0. The zero-order valence-corrected chi connectivity index (χ0v) is 10.4. The van der Waals surface area contributed by atoms with Gasteiger partial charge in [0.1, 0.15) is 0 Å². The summed E-state index contributed by atoms with van der Waals surface area (Å²) in [5, 5.41) is 5.48. The van der Waals surface area contributed by atoms with Crippen molar-refractivity contribution in [3.63, 3.8) is 0 Å². The quantitative estimate of drug-likeness (QED) is 0.641. The first kappa shape index (κ1) is 11.6. The first-order chi connectivity index (χ1) is 8.18. The van der Waals surface area contributed by atoms with Crippen LogP contribution in [-0.4, -0.2) is 10.7 Å². The van der Waals surface area contributed by atoms with Crippen molar-refractivity contribution in [1.29, 1.82) is 0 Å². The maximum atomic E-state index is 4.38. The van der Waals surface area contributed by atoms with E-state index in [1.807, 2.05) is 37.3 Å².